The van der Waals surface area contributed by atoms with Gasteiger partial charge in [-0.15, -0.1) is 0 Å². The van der Waals surface area contributed by atoms with Gasteiger partial charge in [0.25, 0.3) is 11.5 Å². The van der Waals surface area contributed by atoms with Crippen molar-refractivity contribution in [1.82, 2.24) is 9.97 Å². The van der Waals surface area contributed by atoms with Crippen LogP contribution >= 0.6 is 23.2 Å². The van der Waals surface area contributed by atoms with Gasteiger partial charge in [-0.05, 0) is 42.8 Å². The van der Waals surface area contributed by atoms with Crippen LogP contribution in [0.25, 0.3) is 11.4 Å². The van der Waals surface area contributed by atoms with E-state index in [4.69, 9.17) is 27.9 Å². The molecule has 0 aliphatic heterocycles. The predicted octanol–water partition coefficient (Wildman–Crippen LogP) is 4.31. The van der Waals surface area contributed by atoms with Crippen LogP contribution in [0.4, 0.5) is 5.69 Å². The number of aromatic nitrogens is 2. The number of nitrogens with one attached hydrogen (secondary N) is 2. The molecular weight excluding hydrogens is 389 g/mol. The average Bonchev–Trinajstić information content (AvgIpc) is 2.65. The standard InChI is InChI=1S/C19H15Cl2N3O3/c1-10-7-15(16(27-2)8-14(10)21)23-18(25)13-9-22-17(24-19(13)26)11-3-5-12(20)6-4-11/h3-9H,1-2H3,(H,23,25)(H,22,24,26). The van der Waals surface area contributed by atoms with E-state index in [0.29, 0.717) is 32.9 Å². The molecule has 8 heteroatoms. The van der Waals surface area contributed by atoms with Gasteiger partial charge in [-0.3, -0.25) is 9.59 Å². The zero-order valence-corrected chi connectivity index (χ0v) is 16.0. The molecule has 6 nitrogen and oxygen atoms in total. The highest BCUT2D eigenvalue weighted by atomic mass is 35.5. The minimum Gasteiger partial charge on any atom is -0.495 e. The number of nitrogens with zero attached hydrogens (tertiary/aromatic N) is 1. The third-order valence-corrected chi connectivity index (χ3v) is 4.55. The van der Waals surface area contributed by atoms with E-state index in [9.17, 15) is 9.59 Å². The highest BCUT2D eigenvalue weighted by Crippen LogP contribution is 2.31. The van der Waals surface area contributed by atoms with Gasteiger partial charge in [0.05, 0.1) is 12.8 Å². The van der Waals surface area contributed by atoms with Gasteiger partial charge in [-0.1, -0.05) is 23.2 Å². The Hall–Kier alpha value is -2.83. The van der Waals surface area contributed by atoms with Crippen molar-refractivity contribution in [3.05, 3.63) is 74.1 Å². The number of H-pyrrole nitrogens is 1. The van der Waals surface area contributed by atoms with Crippen LogP contribution in [-0.2, 0) is 0 Å². The molecule has 0 radical (unpaired) electrons. The summed E-state index contributed by atoms with van der Waals surface area (Å²) in [6.45, 7) is 1.80. The third-order valence-electron chi connectivity index (χ3n) is 3.89. The van der Waals surface area contributed by atoms with Gasteiger partial charge < -0.3 is 15.0 Å². The minimum absolute atomic E-state index is 0.123. The lowest BCUT2D eigenvalue weighted by atomic mass is 10.2. The van der Waals surface area contributed by atoms with Crippen LogP contribution in [0.5, 0.6) is 5.75 Å². The van der Waals surface area contributed by atoms with Gasteiger partial charge in [0.15, 0.2) is 0 Å². The lowest BCUT2D eigenvalue weighted by Gasteiger charge is -2.12. The van der Waals surface area contributed by atoms with Crippen molar-refractivity contribution in [3.63, 3.8) is 0 Å². The number of carbonyl (C=O) groups excluding carboxylic acids is 1. The van der Waals surface area contributed by atoms with Crippen molar-refractivity contribution >= 4 is 34.8 Å². The van der Waals surface area contributed by atoms with E-state index < -0.39 is 11.5 Å². The summed E-state index contributed by atoms with van der Waals surface area (Å²) >= 11 is 11.9. The Labute approximate surface area is 165 Å². The lowest BCUT2D eigenvalue weighted by Crippen LogP contribution is -2.24. The SMILES string of the molecule is COc1cc(Cl)c(C)cc1NC(=O)c1cnc(-c2ccc(Cl)cc2)[nH]c1=O. The van der Waals surface area contributed by atoms with Crippen molar-refractivity contribution in [1.29, 1.82) is 0 Å². The number of hydrogen-bond acceptors (Lipinski definition) is 4. The first-order valence-corrected chi connectivity index (χ1v) is 8.65. The number of ether oxygens (including phenoxy) is 1. The molecule has 1 heterocycles. The van der Waals surface area contributed by atoms with Crippen LogP contribution in [0.1, 0.15) is 15.9 Å². The van der Waals surface area contributed by atoms with E-state index in [1.807, 2.05) is 0 Å². The molecule has 3 aromatic rings. The fraction of sp³-hybridized carbons (Fsp3) is 0.105. The third kappa shape index (κ3) is 4.13. The van der Waals surface area contributed by atoms with E-state index in [0.717, 1.165) is 5.56 Å². The smallest absolute Gasteiger partial charge is 0.264 e. The zero-order valence-electron chi connectivity index (χ0n) is 14.5. The predicted molar refractivity (Wildman–Crippen MR) is 106 cm³/mol. The van der Waals surface area contributed by atoms with Crippen molar-refractivity contribution in [3.8, 4) is 17.1 Å². The number of anilines is 1. The summed E-state index contributed by atoms with van der Waals surface area (Å²) in [5.74, 6) is 0.126. The van der Waals surface area contributed by atoms with Crippen LogP contribution < -0.4 is 15.6 Å². The van der Waals surface area contributed by atoms with E-state index in [2.05, 4.69) is 15.3 Å². The van der Waals surface area contributed by atoms with E-state index >= 15 is 0 Å². The fourth-order valence-electron chi connectivity index (χ4n) is 2.43. The number of methoxy groups -OCH3 is 1. The molecule has 0 saturated heterocycles. The maximum Gasteiger partial charge on any atom is 0.264 e. The molecule has 1 amide bonds. The van der Waals surface area contributed by atoms with Gasteiger partial charge in [0, 0.05) is 27.9 Å². The Morgan fingerprint density at radius 2 is 1.89 bits per heavy atom. The molecule has 0 saturated carbocycles. The van der Waals surface area contributed by atoms with Gasteiger partial charge in [-0.25, -0.2) is 4.98 Å². The summed E-state index contributed by atoms with van der Waals surface area (Å²) in [7, 11) is 1.46. The van der Waals surface area contributed by atoms with Gasteiger partial charge >= 0.3 is 0 Å². The monoisotopic (exact) mass is 403 g/mol. The number of halogens is 2. The first-order valence-electron chi connectivity index (χ1n) is 7.90. The average molecular weight is 404 g/mol. The summed E-state index contributed by atoms with van der Waals surface area (Å²) in [6, 6.07) is 10.1. The summed E-state index contributed by atoms with van der Waals surface area (Å²) in [6.07, 6.45) is 1.23. The molecule has 0 fully saturated rings. The fourth-order valence-corrected chi connectivity index (χ4v) is 2.71. The zero-order chi connectivity index (χ0) is 19.6. The molecule has 0 aliphatic rings. The van der Waals surface area contributed by atoms with E-state index in [1.165, 1.54) is 13.3 Å². The second kappa shape index (κ2) is 7.82. The summed E-state index contributed by atoms with van der Waals surface area (Å²) in [5.41, 5.74) is 1.17. The topological polar surface area (TPSA) is 84.1 Å². The molecule has 2 aromatic carbocycles. The highest BCUT2D eigenvalue weighted by molar-refractivity contribution is 6.31. The molecule has 0 unspecified atom stereocenters. The summed E-state index contributed by atoms with van der Waals surface area (Å²) in [5, 5.41) is 3.74. The highest BCUT2D eigenvalue weighted by Gasteiger charge is 2.16. The van der Waals surface area contributed by atoms with E-state index in [1.54, 1.807) is 43.3 Å². The summed E-state index contributed by atoms with van der Waals surface area (Å²) in [4.78, 5) is 31.6. The molecule has 1 aromatic heterocycles. The van der Waals surface area contributed by atoms with Crippen LogP contribution in [0, 0.1) is 6.92 Å². The maximum absolute atomic E-state index is 12.5. The molecule has 0 bridgehead atoms. The normalized spacial score (nSPS) is 10.5. The number of aryl methyl sites for hydroxylation is 1. The Balaban J connectivity index is 1.89. The number of benzene rings is 2. The van der Waals surface area contributed by atoms with Gasteiger partial charge in [-0.2, -0.15) is 0 Å². The molecule has 0 spiro atoms. The second-order valence-corrected chi connectivity index (χ2v) is 6.58. The molecule has 138 valence electrons. The molecule has 0 atom stereocenters. The Morgan fingerprint density at radius 3 is 2.52 bits per heavy atom. The number of rotatable bonds is 4. The largest absolute Gasteiger partial charge is 0.495 e. The van der Waals surface area contributed by atoms with Crippen LogP contribution in [-0.4, -0.2) is 23.0 Å². The van der Waals surface area contributed by atoms with Crippen molar-refractivity contribution in [2.24, 2.45) is 0 Å². The van der Waals surface area contributed by atoms with Gasteiger partial charge in [0.1, 0.15) is 17.1 Å². The molecule has 3 rings (SSSR count). The Morgan fingerprint density at radius 1 is 1.19 bits per heavy atom. The number of aromatic amines is 1. The van der Waals surface area contributed by atoms with Crippen LogP contribution in [0.3, 0.4) is 0 Å². The Kier molecular flexibility index (Phi) is 5.48. The summed E-state index contributed by atoms with van der Waals surface area (Å²) < 4.78 is 5.22. The number of hydrogen-bond donors (Lipinski definition) is 2. The van der Waals surface area contributed by atoms with Crippen molar-refractivity contribution in [2.75, 3.05) is 12.4 Å². The number of amides is 1. The van der Waals surface area contributed by atoms with Gasteiger partial charge in [0.2, 0.25) is 0 Å². The maximum atomic E-state index is 12.5. The van der Waals surface area contributed by atoms with Crippen molar-refractivity contribution < 1.29 is 9.53 Å². The quantitative estimate of drug-likeness (QED) is 0.679. The number of carbonyl (C=O) groups is 1. The molecule has 0 aliphatic carbocycles. The second-order valence-electron chi connectivity index (χ2n) is 5.74. The van der Waals surface area contributed by atoms with Crippen LogP contribution in [0.15, 0.2) is 47.4 Å². The minimum atomic E-state index is -0.605. The Bertz CT molecular complexity index is 1060. The van der Waals surface area contributed by atoms with Crippen LogP contribution in [0.2, 0.25) is 10.0 Å². The lowest BCUT2D eigenvalue weighted by molar-refractivity contribution is 0.102. The van der Waals surface area contributed by atoms with Crippen molar-refractivity contribution in [2.45, 2.75) is 6.92 Å². The molecular formula is C19H15Cl2N3O3. The molecule has 2 N–H and O–H groups in total. The van der Waals surface area contributed by atoms with E-state index in [-0.39, 0.29) is 5.56 Å². The molecule has 27 heavy (non-hydrogen) atoms. The first kappa shape index (κ1) is 18.9. The first-order chi connectivity index (χ1) is 12.9.